The highest BCUT2D eigenvalue weighted by Gasteiger charge is 2.23. The zero-order chi connectivity index (χ0) is 31.1. The molecule has 0 aliphatic carbocycles. The van der Waals surface area contributed by atoms with Crippen molar-refractivity contribution in [3.63, 3.8) is 0 Å². The van der Waals surface area contributed by atoms with Crippen molar-refractivity contribution in [3.05, 3.63) is 82.8 Å². The van der Waals surface area contributed by atoms with E-state index in [4.69, 9.17) is 10.2 Å². The SMILES string of the molecule is Cc1ccccc1N1CCC(CCc2ccc(C(=O)NCCCN3CCCC3=O)cc2NC(=O)c2ccc(C(N)=O)o2)CC1. The molecule has 2 aliphatic rings. The molecule has 2 aliphatic heterocycles. The van der Waals surface area contributed by atoms with Gasteiger partial charge in [-0.15, -0.1) is 0 Å². The van der Waals surface area contributed by atoms with Crippen LogP contribution >= 0.6 is 0 Å². The molecule has 0 atom stereocenters. The van der Waals surface area contributed by atoms with Gasteiger partial charge in [0, 0.05) is 56.1 Å². The number of benzene rings is 2. The van der Waals surface area contributed by atoms with E-state index in [0.29, 0.717) is 43.1 Å². The molecule has 0 spiro atoms. The number of nitrogens with one attached hydrogen (secondary N) is 2. The maximum Gasteiger partial charge on any atom is 0.291 e. The molecule has 5 rings (SSSR count). The van der Waals surface area contributed by atoms with Crippen LogP contribution in [0, 0.1) is 12.8 Å². The molecule has 10 nitrogen and oxygen atoms in total. The molecule has 2 fully saturated rings. The Kier molecular flexibility index (Phi) is 9.99. The number of hydrogen-bond donors (Lipinski definition) is 3. The van der Waals surface area contributed by atoms with Gasteiger partial charge < -0.3 is 30.6 Å². The van der Waals surface area contributed by atoms with Crippen molar-refractivity contribution < 1.29 is 23.6 Å². The number of aryl methyl sites for hydroxylation is 2. The van der Waals surface area contributed by atoms with Gasteiger partial charge in [-0.05, 0) is 92.8 Å². The standard InChI is InChI=1S/C34H41N5O5/c1-23-6-2-3-7-28(23)38-20-15-24(16-21-38)9-10-25-11-12-26(33(42)36-17-5-19-39-18-4-8-31(39)40)22-27(25)37-34(43)30-14-13-29(44-30)32(35)41/h2-3,6-7,11-14,22,24H,4-5,8-10,15-21H2,1H3,(H2,35,41)(H,36,42)(H,37,43). The van der Waals surface area contributed by atoms with Gasteiger partial charge in [-0.1, -0.05) is 24.3 Å². The Morgan fingerprint density at radius 2 is 1.75 bits per heavy atom. The zero-order valence-corrected chi connectivity index (χ0v) is 25.3. The maximum atomic E-state index is 13.1. The first-order chi connectivity index (χ1) is 21.3. The fourth-order valence-corrected chi connectivity index (χ4v) is 6.08. The van der Waals surface area contributed by atoms with E-state index in [1.54, 1.807) is 12.1 Å². The van der Waals surface area contributed by atoms with Gasteiger partial charge >= 0.3 is 0 Å². The Morgan fingerprint density at radius 3 is 2.45 bits per heavy atom. The third kappa shape index (κ3) is 7.67. The summed E-state index contributed by atoms with van der Waals surface area (Å²) in [6.07, 6.45) is 6.02. The number of primary amides is 1. The van der Waals surface area contributed by atoms with Crippen LogP contribution in [0.1, 0.15) is 81.1 Å². The number of likely N-dealkylation sites (tertiary alicyclic amines) is 1. The lowest BCUT2D eigenvalue weighted by Crippen LogP contribution is -2.34. The van der Waals surface area contributed by atoms with E-state index in [9.17, 15) is 19.2 Å². The van der Waals surface area contributed by atoms with Crippen LogP contribution in [0.2, 0.25) is 0 Å². The van der Waals surface area contributed by atoms with Crippen LogP contribution in [0.4, 0.5) is 11.4 Å². The van der Waals surface area contributed by atoms with Crippen LogP contribution in [0.25, 0.3) is 0 Å². The first kappa shape index (κ1) is 30.8. The van der Waals surface area contributed by atoms with E-state index in [2.05, 4.69) is 46.7 Å². The zero-order valence-electron chi connectivity index (χ0n) is 25.3. The highest BCUT2D eigenvalue weighted by molar-refractivity contribution is 6.04. The molecule has 3 heterocycles. The van der Waals surface area contributed by atoms with Crippen LogP contribution in [-0.2, 0) is 11.2 Å². The smallest absolute Gasteiger partial charge is 0.291 e. The summed E-state index contributed by atoms with van der Waals surface area (Å²) >= 11 is 0. The summed E-state index contributed by atoms with van der Waals surface area (Å²) < 4.78 is 5.32. The lowest BCUT2D eigenvalue weighted by Gasteiger charge is -2.34. The van der Waals surface area contributed by atoms with Crippen molar-refractivity contribution in [2.45, 2.75) is 51.9 Å². The highest BCUT2D eigenvalue weighted by Crippen LogP contribution is 2.30. The van der Waals surface area contributed by atoms with E-state index < -0.39 is 11.8 Å². The molecule has 0 saturated carbocycles. The third-order valence-corrected chi connectivity index (χ3v) is 8.65. The summed E-state index contributed by atoms with van der Waals surface area (Å²) in [7, 11) is 0. The molecule has 10 heteroatoms. The Hall–Kier alpha value is -4.60. The summed E-state index contributed by atoms with van der Waals surface area (Å²) in [5.41, 5.74) is 9.73. The normalized spacial score (nSPS) is 15.4. The quantitative estimate of drug-likeness (QED) is 0.262. The van der Waals surface area contributed by atoms with Gasteiger partial charge in [0.15, 0.2) is 11.5 Å². The number of nitrogens with zero attached hydrogens (tertiary/aromatic N) is 2. The van der Waals surface area contributed by atoms with Crippen molar-refractivity contribution in [1.82, 2.24) is 10.2 Å². The number of rotatable bonds is 12. The van der Waals surface area contributed by atoms with Gasteiger partial charge in [-0.3, -0.25) is 19.2 Å². The number of anilines is 2. The van der Waals surface area contributed by atoms with Crippen molar-refractivity contribution in [1.29, 1.82) is 0 Å². The van der Waals surface area contributed by atoms with Gasteiger partial charge in [0.25, 0.3) is 17.7 Å². The van der Waals surface area contributed by atoms with Crippen LogP contribution in [0.15, 0.2) is 59.0 Å². The number of furan rings is 1. The summed E-state index contributed by atoms with van der Waals surface area (Å²) in [6.45, 7) is 6.00. The van der Waals surface area contributed by atoms with Crippen molar-refractivity contribution >= 4 is 35.0 Å². The van der Waals surface area contributed by atoms with Crippen LogP contribution in [0.3, 0.4) is 0 Å². The van der Waals surface area contributed by atoms with E-state index in [1.165, 1.54) is 23.4 Å². The number of hydrogen-bond acceptors (Lipinski definition) is 6. The minimum Gasteiger partial charge on any atom is -0.446 e. The largest absolute Gasteiger partial charge is 0.446 e. The Labute approximate surface area is 258 Å². The van der Waals surface area contributed by atoms with Crippen molar-refractivity contribution in [3.8, 4) is 0 Å². The molecule has 0 unspecified atom stereocenters. The number of piperidine rings is 1. The fraction of sp³-hybridized carbons (Fsp3) is 0.412. The van der Waals surface area contributed by atoms with E-state index in [-0.39, 0.29) is 23.3 Å². The molecular formula is C34H41N5O5. The van der Waals surface area contributed by atoms with E-state index in [1.807, 2.05) is 11.0 Å². The van der Waals surface area contributed by atoms with Crippen molar-refractivity contribution in [2.75, 3.05) is 42.9 Å². The molecule has 4 N–H and O–H groups in total. The third-order valence-electron chi connectivity index (χ3n) is 8.65. The molecule has 2 saturated heterocycles. The molecule has 0 bridgehead atoms. The first-order valence-corrected chi connectivity index (χ1v) is 15.5. The monoisotopic (exact) mass is 599 g/mol. The summed E-state index contributed by atoms with van der Waals surface area (Å²) in [5, 5.41) is 5.82. The molecule has 44 heavy (non-hydrogen) atoms. The van der Waals surface area contributed by atoms with Gasteiger partial charge in [-0.2, -0.15) is 0 Å². The molecule has 1 aromatic heterocycles. The minimum atomic E-state index is -0.758. The number of nitrogens with two attached hydrogens (primary N) is 1. The Bertz CT molecular complexity index is 1510. The second-order valence-corrected chi connectivity index (χ2v) is 11.7. The van der Waals surface area contributed by atoms with Crippen LogP contribution < -0.4 is 21.3 Å². The van der Waals surface area contributed by atoms with Gasteiger partial charge in [-0.25, -0.2) is 0 Å². The molecule has 2 aromatic carbocycles. The van der Waals surface area contributed by atoms with Gasteiger partial charge in [0.05, 0.1) is 0 Å². The predicted octanol–water partition coefficient (Wildman–Crippen LogP) is 4.53. The second-order valence-electron chi connectivity index (χ2n) is 11.7. The summed E-state index contributed by atoms with van der Waals surface area (Å²) in [6, 6.07) is 16.6. The molecule has 3 aromatic rings. The molecule has 232 valence electrons. The molecular weight excluding hydrogens is 558 g/mol. The number of para-hydroxylation sites is 1. The van der Waals surface area contributed by atoms with E-state index in [0.717, 1.165) is 57.3 Å². The predicted molar refractivity (Wildman–Crippen MR) is 169 cm³/mol. The van der Waals surface area contributed by atoms with Gasteiger partial charge in [0.1, 0.15) is 0 Å². The van der Waals surface area contributed by atoms with Crippen LogP contribution in [0.5, 0.6) is 0 Å². The minimum absolute atomic E-state index is 0.0420. The number of carbonyl (C=O) groups is 4. The second kappa shape index (κ2) is 14.2. The Morgan fingerprint density at radius 1 is 0.977 bits per heavy atom. The Balaban J connectivity index is 1.22. The van der Waals surface area contributed by atoms with Crippen LogP contribution in [-0.4, -0.2) is 61.3 Å². The van der Waals surface area contributed by atoms with Gasteiger partial charge in [0.2, 0.25) is 5.91 Å². The fourth-order valence-electron chi connectivity index (χ4n) is 6.08. The number of amides is 4. The van der Waals surface area contributed by atoms with Crippen molar-refractivity contribution in [2.24, 2.45) is 11.7 Å². The average Bonchev–Trinajstić information content (AvgIpc) is 3.69. The lowest BCUT2D eigenvalue weighted by molar-refractivity contribution is -0.127. The molecule has 4 amide bonds. The summed E-state index contributed by atoms with van der Waals surface area (Å²) in [5.74, 6) is -0.964. The maximum absolute atomic E-state index is 13.1. The topological polar surface area (TPSA) is 138 Å². The molecule has 0 radical (unpaired) electrons. The number of carbonyl (C=O) groups excluding carboxylic acids is 4. The lowest BCUT2D eigenvalue weighted by atomic mass is 9.89. The summed E-state index contributed by atoms with van der Waals surface area (Å²) in [4.78, 5) is 53.6. The average molecular weight is 600 g/mol. The van der Waals surface area contributed by atoms with E-state index >= 15 is 0 Å². The highest BCUT2D eigenvalue weighted by atomic mass is 16.4. The first-order valence-electron chi connectivity index (χ1n) is 15.5.